The first-order valence-corrected chi connectivity index (χ1v) is 11.3. The van der Waals surface area contributed by atoms with Crippen LogP contribution >= 0.6 is 15.9 Å². The van der Waals surface area contributed by atoms with E-state index in [0.717, 1.165) is 10.5 Å². The minimum absolute atomic E-state index is 0.0426. The van der Waals surface area contributed by atoms with E-state index < -0.39 is 23.7 Å². The average Bonchev–Trinajstić information content (AvgIpc) is 2.82. The number of para-hydroxylation sites is 1. The van der Waals surface area contributed by atoms with Gasteiger partial charge in [0.15, 0.2) is 0 Å². The predicted molar refractivity (Wildman–Crippen MR) is 130 cm³/mol. The summed E-state index contributed by atoms with van der Waals surface area (Å²) in [6, 6.07) is 17.5. The molecule has 0 aliphatic carbocycles. The van der Waals surface area contributed by atoms with Gasteiger partial charge in [-0.25, -0.2) is 14.1 Å². The normalized spacial score (nSPS) is 15.0. The maximum Gasteiger partial charge on any atom is 0.335 e. The molecule has 1 heterocycles. The molecule has 1 aliphatic rings. The molecule has 0 saturated carbocycles. The van der Waals surface area contributed by atoms with E-state index in [1.165, 1.54) is 12.1 Å². The van der Waals surface area contributed by atoms with E-state index in [-0.39, 0.29) is 12.2 Å². The van der Waals surface area contributed by atoms with Crippen LogP contribution < -0.4 is 15.0 Å². The second-order valence-corrected chi connectivity index (χ2v) is 8.42. The fraction of sp³-hybridized carbons (Fsp3) is 0.115. The van der Waals surface area contributed by atoms with Gasteiger partial charge in [-0.1, -0.05) is 59.3 Å². The number of hydrogen-bond donors (Lipinski definition) is 1. The zero-order chi connectivity index (χ0) is 24.2. The summed E-state index contributed by atoms with van der Waals surface area (Å²) in [6.07, 6.45) is 1.97. The molecule has 3 aromatic rings. The maximum absolute atomic E-state index is 14.0. The Bertz CT molecular complexity index is 1320. The summed E-state index contributed by atoms with van der Waals surface area (Å²) in [6.45, 7) is 1.87. The SMILES string of the molecule is CCc1ccccc1N1C(=O)NC(=O)/C(=C/c2cc(Br)ccc2OCc2ccccc2F)C1=O. The first kappa shape index (κ1) is 23.4. The number of halogens is 2. The number of imide groups is 2. The fourth-order valence-corrected chi connectivity index (χ4v) is 3.97. The Balaban J connectivity index is 1.70. The lowest BCUT2D eigenvalue weighted by molar-refractivity contribution is -0.122. The highest BCUT2D eigenvalue weighted by Gasteiger charge is 2.37. The topological polar surface area (TPSA) is 75.7 Å². The van der Waals surface area contributed by atoms with E-state index in [4.69, 9.17) is 4.74 Å². The van der Waals surface area contributed by atoms with Crippen LogP contribution in [0.15, 0.2) is 76.8 Å². The van der Waals surface area contributed by atoms with Gasteiger partial charge in [0.2, 0.25) is 0 Å². The highest BCUT2D eigenvalue weighted by Crippen LogP contribution is 2.30. The minimum Gasteiger partial charge on any atom is -0.488 e. The highest BCUT2D eigenvalue weighted by atomic mass is 79.9. The Kier molecular flexibility index (Phi) is 6.88. The Morgan fingerprint density at radius 1 is 1.00 bits per heavy atom. The Morgan fingerprint density at radius 2 is 1.71 bits per heavy atom. The van der Waals surface area contributed by atoms with Crippen LogP contribution in [0.4, 0.5) is 14.9 Å². The molecule has 8 heteroatoms. The number of hydrogen-bond acceptors (Lipinski definition) is 4. The molecule has 0 aromatic heterocycles. The largest absolute Gasteiger partial charge is 0.488 e. The van der Waals surface area contributed by atoms with Crippen molar-refractivity contribution in [3.8, 4) is 5.75 Å². The first-order chi connectivity index (χ1) is 16.4. The second-order valence-electron chi connectivity index (χ2n) is 7.50. The zero-order valence-corrected chi connectivity index (χ0v) is 19.8. The molecular formula is C26H20BrFN2O4. The summed E-state index contributed by atoms with van der Waals surface area (Å²) in [5, 5.41) is 2.24. The minimum atomic E-state index is -0.807. The molecule has 1 fully saturated rings. The van der Waals surface area contributed by atoms with Gasteiger partial charge in [-0.2, -0.15) is 0 Å². The molecule has 0 bridgehead atoms. The molecule has 172 valence electrons. The number of carbonyl (C=O) groups is 3. The summed E-state index contributed by atoms with van der Waals surface area (Å²) in [5.74, 6) is -1.60. The van der Waals surface area contributed by atoms with Crippen molar-refractivity contribution < 1.29 is 23.5 Å². The van der Waals surface area contributed by atoms with Crippen molar-refractivity contribution in [2.45, 2.75) is 20.0 Å². The quantitative estimate of drug-likeness (QED) is 0.347. The van der Waals surface area contributed by atoms with Crippen molar-refractivity contribution >= 4 is 45.5 Å². The van der Waals surface area contributed by atoms with Crippen molar-refractivity contribution in [1.82, 2.24) is 5.32 Å². The average molecular weight is 523 g/mol. The van der Waals surface area contributed by atoms with Crippen LogP contribution in [0.1, 0.15) is 23.6 Å². The number of urea groups is 1. The van der Waals surface area contributed by atoms with Crippen LogP contribution in [0.2, 0.25) is 0 Å². The van der Waals surface area contributed by atoms with E-state index in [9.17, 15) is 18.8 Å². The van der Waals surface area contributed by atoms with Gasteiger partial charge < -0.3 is 4.74 Å². The first-order valence-electron chi connectivity index (χ1n) is 10.5. The van der Waals surface area contributed by atoms with Gasteiger partial charge in [0, 0.05) is 15.6 Å². The van der Waals surface area contributed by atoms with Gasteiger partial charge in [0.25, 0.3) is 11.8 Å². The lowest BCUT2D eigenvalue weighted by atomic mass is 10.0. The Labute approximate surface area is 204 Å². The predicted octanol–water partition coefficient (Wildman–Crippen LogP) is 5.40. The molecule has 0 atom stereocenters. The van der Waals surface area contributed by atoms with Gasteiger partial charge in [0.05, 0.1) is 5.69 Å². The molecule has 0 spiro atoms. The molecule has 3 aromatic carbocycles. The van der Waals surface area contributed by atoms with Gasteiger partial charge in [-0.05, 0) is 48.4 Å². The lowest BCUT2D eigenvalue weighted by Crippen LogP contribution is -2.54. The summed E-state index contributed by atoms with van der Waals surface area (Å²) in [4.78, 5) is 39.5. The molecule has 1 N–H and O–H groups in total. The van der Waals surface area contributed by atoms with Crippen LogP contribution in [-0.2, 0) is 22.6 Å². The smallest absolute Gasteiger partial charge is 0.335 e. The zero-order valence-electron chi connectivity index (χ0n) is 18.2. The number of benzene rings is 3. The van der Waals surface area contributed by atoms with Crippen LogP contribution in [-0.4, -0.2) is 17.8 Å². The summed E-state index contributed by atoms with van der Waals surface area (Å²) in [7, 11) is 0. The third-order valence-corrected chi connectivity index (χ3v) is 5.82. The number of barbiturate groups is 1. The molecule has 34 heavy (non-hydrogen) atoms. The van der Waals surface area contributed by atoms with Gasteiger partial charge >= 0.3 is 6.03 Å². The molecule has 0 unspecified atom stereocenters. The monoisotopic (exact) mass is 522 g/mol. The van der Waals surface area contributed by atoms with Crippen molar-refractivity contribution in [3.63, 3.8) is 0 Å². The second kappa shape index (κ2) is 10.0. The third kappa shape index (κ3) is 4.77. The molecule has 6 nitrogen and oxygen atoms in total. The number of carbonyl (C=O) groups excluding carboxylic acids is 3. The fourth-order valence-electron chi connectivity index (χ4n) is 3.59. The Hall–Kier alpha value is -3.78. The molecule has 1 saturated heterocycles. The van der Waals surface area contributed by atoms with Gasteiger partial charge in [-0.15, -0.1) is 0 Å². The molecule has 4 rings (SSSR count). The molecule has 4 amide bonds. The van der Waals surface area contributed by atoms with Crippen LogP contribution in [0.5, 0.6) is 5.75 Å². The number of nitrogens with one attached hydrogen (secondary N) is 1. The summed E-state index contributed by atoms with van der Waals surface area (Å²) < 4.78 is 20.5. The van der Waals surface area contributed by atoms with E-state index in [1.807, 2.05) is 19.1 Å². The number of ether oxygens (including phenoxy) is 1. The maximum atomic E-state index is 14.0. The Morgan fingerprint density at radius 3 is 2.44 bits per heavy atom. The summed E-state index contributed by atoms with van der Waals surface area (Å²) in [5.41, 5.74) is 1.76. The van der Waals surface area contributed by atoms with E-state index in [2.05, 4.69) is 21.2 Å². The molecular weight excluding hydrogens is 503 g/mol. The van der Waals surface area contributed by atoms with Crippen LogP contribution in [0, 0.1) is 5.82 Å². The molecule has 0 radical (unpaired) electrons. The van der Waals surface area contributed by atoms with Crippen LogP contribution in [0.3, 0.4) is 0 Å². The van der Waals surface area contributed by atoms with E-state index in [0.29, 0.717) is 33.5 Å². The van der Waals surface area contributed by atoms with Gasteiger partial charge in [0.1, 0.15) is 23.7 Å². The number of rotatable bonds is 6. The molecule has 1 aliphatic heterocycles. The van der Waals surface area contributed by atoms with Crippen molar-refractivity contribution in [3.05, 3.63) is 99.3 Å². The van der Waals surface area contributed by atoms with Crippen molar-refractivity contribution in [2.75, 3.05) is 4.90 Å². The number of nitrogens with zero attached hydrogens (tertiary/aromatic N) is 1. The van der Waals surface area contributed by atoms with Crippen molar-refractivity contribution in [1.29, 1.82) is 0 Å². The van der Waals surface area contributed by atoms with Crippen molar-refractivity contribution in [2.24, 2.45) is 0 Å². The van der Waals surface area contributed by atoms with Gasteiger partial charge in [-0.3, -0.25) is 14.9 Å². The number of amides is 4. The lowest BCUT2D eigenvalue weighted by Gasteiger charge is -2.28. The number of anilines is 1. The van der Waals surface area contributed by atoms with E-state index in [1.54, 1.807) is 48.5 Å². The van der Waals surface area contributed by atoms with E-state index >= 15 is 0 Å². The highest BCUT2D eigenvalue weighted by molar-refractivity contribution is 9.10. The van der Waals surface area contributed by atoms with Crippen LogP contribution in [0.25, 0.3) is 6.08 Å². The number of aryl methyl sites for hydroxylation is 1. The third-order valence-electron chi connectivity index (χ3n) is 5.33. The summed E-state index contributed by atoms with van der Waals surface area (Å²) >= 11 is 3.38. The standard InChI is InChI=1S/C26H20BrFN2O4/c1-2-16-7-4-6-10-22(16)30-25(32)20(24(31)29-26(30)33)14-18-13-19(27)11-12-23(18)34-15-17-8-3-5-9-21(17)28/h3-14H,2,15H2,1H3,(H,29,31,33)/b20-14-.